The fourth-order valence-electron chi connectivity index (χ4n) is 3.92. The third-order valence-electron chi connectivity index (χ3n) is 5.57. The van der Waals surface area contributed by atoms with E-state index in [0.717, 1.165) is 11.1 Å². The Balaban J connectivity index is 1.99. The molecule has 1 unspecified atom stereocenters. The fourth-order valence-corrected chi connectivity index (χ4v) is 3.92. The predicted octanol–water partition coefficient (Wildman–Crippen LogP) is 3.61. The van der Waals surface area contributed by atoms with Gasteiger partial charge in [-0.3, -0.25) is 9.59 Å². The smallest absolute Gasteiger partial charge is 0.341 e. The van der Waals surface area contributed by atoms with Crippen LogP contribution in [-0.2, 0) is 11.2 Å². The minimum absolute atomic E-state index is 0.0157. The highest BCUT2D eigenvalue weighted by atomic mass is 16.5. The number of aromatic carboxylic acids is 1. The Labute approximate surface area is 180 Å². The first-order valence-corrected chi connectivity index (χ1v) is 10.3. The molecule has 3 rings (SSSR count). The lowest BCUT2D eigenvalue weighted by molar-refractivity contribution is -0.137. The number of benzene rings is 1. The van der Waals surface area contributed by atoms with E-state index in [0.29, 0.717) is 43.1 Å². The maximum absolute atomic E-state index is 12.4. The molecule has 1 aromatic carbocycles. The number of nitrogens with zero attached hydrogens (tertiary/aromatic N) is 1. The summed E-state index contributed by atoms with van der Waals surface area (Å²) in [5.41, 5.74) is 1.67. The molecule has 2 aromatic rings. The van der Waals surface area contributed by atoms with Crippen LogP contribution in [0.3, 0.4) is 0 Å². The summed E-state index contributed by atoms with van der Waals surface area (Å²) in [5.74, 6) is -0.791. The largest absolute Gasteiger partial charge is 0.493 e. The average Bonchev–Trinajstić information content (AvgIpc) is 2.71. The highest BCUT2D eigenvalue weighted by molar-refractivity contribution is 5.88. The molecule has 0 amide bonds. The van der Waals surface area contributed by atoms with Gasteiger partial charge < -0.3 is 24.3 Å². The highest BCUT2D eigenvalue weighted by Gasteiger charge is 2.29. The normalized spacial score (nSPS) is 14.6. The van der Waals surface area contributed by atoms with Gasteiger partial charge in [-0.05, 0) is 42.9 Å². The highest BCUT2D eigenvalue weighted by Crippen LogP contribution is 2.42. The molecular formula is C23H27NO7. The van der Waals surface area contributed by atoms with Crippen LogP contribution in [-0.4, -0.2) is 40.4 Å². The molecule has 0 bridgehead atoms. The lowest BCUT2D eigenvalue weighted by Crippen LogP contribution is -2.28. The standard InChI is InChI=1S/C23H27NO7/c1-13(2)17-8-14-9-21(31-7-5-4-6-22(26)27)20(30-3)10-15(14)18-11-19(25)16(23(28)29)12-24(17)18/h9-13,17H,4-8H2,1-3H3,(H,26,27)(H,28,29). The van der Waals surface area contributed by atoms with Crippen LogP contribution in [0, 0.1) is 5.92 Å². The van der Waals surface area contributed by atoms with Crippen LogP contribution in [0.2, 0.25) is 0 Å². The van der Waals surface area contributed by atoms with Crippen molar-refractivity contribution in [1.82, 2.24) is 4.57 Å². The molecule has 2 N–H and O–H groups in total. The molecule has 8 nitrogen and oxygen atoms in total. The number of rotatable bonds is 9. The molecule has 0 spiro atoms. The third-order valence-corrected chi connectivity index (χ3v) is 5.57. The zero-order valence-corrected chi connectivity index (χ0v) is 17.9. The molecule has 8 heteroatoms. The number of carboxylic acid groups (broad SMARTS) is 2. The Kier molecular flexibility index (Phi) is 6.68. The number of hydrogen-bond acceptors (Lipinski definition) is 5. The van der Waals surface area contributed by atoms with Gasteiger partial charge in [0.15, 0.2) is 16.9 Å². The number of fused-ring (bicyclic) bond motifs is 3. The Hall–Kier alpha value is -3.29. The van der Waals surface area contributed by atoms with Crippen molar-refractivity contribution in [3.8, 4) is 22.8 Å². The topological polar surface area (TPSA) is 115 Å². The molecule has 0 saturated heterocycles. The molecule has 1 aromatic heterocycles. The summed E-state index contributed by atoms with van der Waals surface area (Å²) in [7, 11) is 1.53. The van der Waals surface area contributed by atoms with Gasteiger partial charge in [-0.25, -0.2) is 4.79 Å². The van der Waals surface area contributed by atoms with Gasteiger partial charge in [-0.1, -0.05) is 13.8 Å². The lowest BCUT2D eigenvalue weighted by Gasteiger charge is -2.33. The number of unbranched alkanes of at least 4 members (excludes halogenated alkanes) is 1. The Morgan fingerprint density at radius 2 is 1.90 bits per heavy atom. The number of hydrogen-bond donors (Lipinski definition) is 2. The van der Waals surface area contributed by atoms with E-state index in [1.807, 2.05) is 16.7 Å². The maximum Gasteiger partial charge on any atom is 0.341 e. The van der Waals surface area contributed by atoms with Gasteiger partial charge >= 0.3 is 11.9 Å². The number of ether oxygens (including phenoxy) is 2. The molecular weight excluding hydrogens is 402 g/mol. The summed E-state index contributed by atoms with van der Waals surface area (Å²) in [6.45, 7) is 4.48. The minimum atomic E-state index is -1.24. The van der Waals surface area contributed by atoms with E-state index < -0.39 is 17.4 Å². The summed E-state index contributed by atoms with van der Waals surface area (Å²) < 4.78 is 13.2. The molecule has 166 valence electrons. The zero-order chi connectivity index (χ0) is 22.7. The first kappa shape index (κ1) is 22.4. The van der Waals surface area contributed by atoms with Crippen LogP contribution >= 0.6 is 0 Å². The van der Waals surface area contributed by atoms with E-state index in [2.05, 4.69) is 13.8 Å². The summed E-state index contributed by atoms with van der Waals surface area (Å²) in [4.78, 5) is 34.5. The molecule has 0 aliphatic carbocycles. The van der Waals surface area contributed by atoms with Gasteiger partial charge in [0.2, 0.25) is 0 Å². The molecule has 1 aliphatic rings. The molecule has 1 atom stereocenters. The van der Waals surface area contributed by atoms with Crippen LogP contribution in [0.25, 0.3) is 11.3 Å². The number of aliphatic carboxylic acids is 1. The van der Waals surface area contributed by atoms with Crippen molar-refractivity contribution < 1.29 is 29.3 Å². The average molecular weight is 429 g/mol. The van der Waals surface area contributed by atoms with E-state index in [-0.39, 0.29) is 23.9 Å². The summed E-state index contributed by atoms with van der Waals surface area (Å²) >= 11 is 0. The van der Waals surface area contributed by atoms with Crippen molar-refractivity contribution >= 4 is 11.9 Å². The number of carboxylic acids is 2. The van der Waals surface area contributed by atoms with Crippen molar-refractivity contribution in [2.75, 3.05) is 13.7 Å². The number of methoxy groups -OCH3 is 1. The van der Waals surface area contributed by atoms with Gasteiger partial charge in [0.25, 0.3) is 0 Å². The lowest BCUT2D eigenvalue weighted by atomic mass is 9.87. The zero-order valence-electron chi connectivity index (χ0n) is 17.9. The molecule has 0 saturated carbocycles. The molecule has 2 heterocycles. The first-order valence-electron chi connectivity index (χ1n) is 10.3. The second-order valence-electron chi connectivity index (χ2n) is 8.02. The van der Waals surface area contributed by atoms with Crippen molar-refractivity contribution in [3.63, 3.8) is 0 Å². The summed E-state index contributed by atoms with van der Waals surface area (Å²) in [6, 6.07) is 5.07. The predicted molar refractivity (Wildman–Crippen MR) is 114 cm³/mol. The van der Waals surface area contributed by atoms with Crippen LogP contribution in [0.4, 0.5) is 0 Å². The van der Waals surface area contributed by atoms with Crippen LogP contribution in [0.1, 0.15) is 55.1 Å². The van der Waals surface area contributed by atoms with Crippen LogP contribution < -0.4 is 14.9 Å². The monoisotopic (exact) mass is 429 g/mol. The summed E-state index contributed by atoms with van der Waals surface area (Å²) in [5, 5.41) is 18.1. The summed E-state index contributed by atoms with van der Waals surface area (Å²) in [6.07, 6.45) is 3.33. The van der Waals surface area contributed by atoms with E-state index in [4.69, 9.17) is 14.6 Å². The van der Waals surface area contributed by atoms with Crippen LogP contribution in [0.15, 0.2) is 29.2 Å². The van der Waals surface area contributed by atoms with Crippen LogP contribution in [0.5, 0.6) is 11.5 Å². The number of pyridine rings is 1. The van der Waals surface area contributed by atoms with E-state index in [1.54, 1.807) is 0 Å². The fraction of sp³-hybridized carbons (Fsp3) is 0.435. The molecule has 31 heavy (non-hydrogen) atoms. The van der Waals surface area contributed by atoms with E-state index in [1.165, 1.54) is 19.4 Å². The van der Waals surface area contributed by atoms with Gasteiger partial charge in [-0.15, -0.1) is 0 Å². The van der Waals surface area contributed by atoms with Crippen molar-refractivity contribution in [1.29, 1.82) is 0 Å². The van der Waals surface area contributed by atoms with Gasteiger partial charge in [0, 0.05) is 30.3 Å². The molecule has 0 fully saturated rings. The van der Waals surface area contributed by atoms with Gasteiger partial charge in [-0.2, -0.15) is 0 Å². The Bertz CT molecular complexity index is 1050. The number of carbonyl (C=O) groups is 2. The Morgan fingerprint density at radius 1 is 1.16 bits per heavy atom. The third kappa shape index (κ3) is 4.73. The number of aromatic nitrogens is 1. The SMILES string of the molecule is COc1cc2c(cc1OCCCCC(=O)O)CC(C(C)C)n1cc(C(=O)O)c(=O)cc1-2. The second kappa shape index (κ2) is 9.24. The van der Waals surface area contributed by atoms with Crippen molar-refractivity contribution in [2.24, 2.45) is 5.92 Å². The van der Waals surface area contributed by atoms with E-state index >= 15 is 0 Å². The molecule has 0 radical (unpaired) electrons. The van der Waals surface area contributed by atoms with E-state index in [9.17, 15) is 19.5 Å². The second-order valence-corrected chi connectivity index (χ2v) is 8.02. The minimum Gasteiger partial charge on any atom is -0.493 e. The Morgan fingerprint density at radius 3 is 2.52 bits per heavy atom. The first-order chi connectivity index (χ1) is 14.7. The maximum atomic E-state index is 12.4. The van der Waals surface area contributed by atoms with Gasteiger partial charge in [0.1, 0.15) is 5.56 Å². The molecule has 1 aliphatic heterocycles. The van der Waals surface area contributed by atoms with Crippen molar-refractivity contribution in [2.45, 2.75) is 45.6 Å². The van der Waals surface area contributed by atoms with Crippen molar-refractivity contribution in [3.05, 3.63) is 45.7 Å². The van der Waals surface area contributed by atoms with Gasteiger partial charge in [0.05, 0.1) is 19.4 Å². The quantitative estimate of drug-likeness (QED) is 0.585.